The molecule has 2 N–H and O–H groups in total. The van der Waals surface area contributed by atoms with E-state index < -0.39 is 18.6 Å². The Labute approximate surface area is 114 Å². The van der Waals surface area contributed by atoms with Gasteiger partial charge in [0, 0.05) is 6.54 Å². The monoisotopic (exact) mass is 294 g/mol. The molecule has 19 heavy (non-hydrogen) atoms. The molecule has 0 spiro atoms. The Bertz CT molecular complexity index is 463. The summed E-state index contributed by atoms with van der Waals surface area (Å²) in [7, 11) is 0. The van der Waals surface area contributed by atoms with Gasteiger partial charge in [0.2, 0.25) is 0 Å². The first-order valence-electron chi connectivity index (χ1n) is 5.66. The average molecular weight is 295 g/mol. The number of halogens is 4. The SMILES string of the molecule is CCCN(CC(F)(F)F)C(=O)c1cccc(Cl)c1N. The maximum absolute atomic E-state index is 12.4. The first-order chi connectivity index (χ1) is 8.76. The van der Waals surface area contributed by atoms with Crippen LogP contribution in [-0.4, -0.2) is 30.1 Å². The fourth-order valence-corrected chi connectivity index (χ4v) is 1.81. The Morgan fingerprint density at radius 1 is 1.42 bits per heavy atom. The van der Waals surface area contributed by atoms with E-state index in [0.717, 1.165) is 4.90 Å². The van der Waals surface area contributed by atoms with E-state index in [4.69, 9.17) is 17.3 Å². The van der Waals surface area contributed by atoms with Gasteiger partial charge in [0.1, 0.15) is 6.54 Å². The predicted molar refractivity (Wildman–Crippen MR) is 68.1 cm³/mol. The Morgan fingerprint density at radius 2 is 2.05 bits per heavy atom. The lowest BCUT2D eigenvalue weighted by molar-refractivity contribution is -0.140. The number of nitrogens with two attached hydrogens (primary N) is 1. The van der Waals surface area contributed by atoms with Crippen LogP contribution in [0.5, 0.6) is 0 Å². The quantitative estimate of drug-likeness (QED) is 0.866. The fourth-order valence-electron chi connectivity index (χ4n) is 1.63. The molecule has 0 aromatic heterocycles. The van der Waals surface area contributed by atoms with Crippen molar-refractivity contribution in [3.05, 3.63) is 28.8 Å². The highest BCUT2D eigenvalue weighted by molar-refractivity contribution is 6.33. The van der Waals surface area contributed by atoms with Gasteiger partial charge in [-0.25, -0.2) is 0 Å². The minimum absolute atomic E-state index is 0.00237. The molecule has 7 heteroatoms. The maximum Gasteiger partial charge on any atom is 0.406 e. The van der Waals surface area contributed by atoms with E-state index in [2.05, 4.69) is 0 Å². The molecule has 106 valence electrons. The zero-order chi connectivity index (χ0) is 14.6. The Hall–Kier alpha value is -1.43. The summed E-state index contributed by atoms with van der Waals surface area (Å²) in [6.45, 7) is 0.397. The minimum atomic E-state index is -4.45. The third kappa shape index (κ3) is 4.31. The number of para-hydroxylation sites is 1. The minimum Gasteiger partial charge on any atom is -0.397 e. The highest BCUT2D eigenvalue weighted by Crippen LogP contribution is 2.25. The molecule has 0 atom stereocenters. The lowest BCUT2D eigenvalue weighted by atomic mass is 10.1. The van der Waals surface area contributed by atoms with E-state index in [1.165, 1.54) is 18.2 Å². The lowest BCUT2D eigenvalue weighted by Gasteiger charge is -2.24. The van der Waals surface area contributed by atoms with Crippen LogP contribution in [0.2, 0.25) is 5.02 Å². The van der Waals surface area contributed by atoms with Gasteiger partial charge in [-0.3, -0.25) is 4.79 Å². The summed E-state index contributed by atoms with van der Waals surface area (Å²) >= 11 is 5.75. The summed E-state index contributed by atoms with van der Waals surface area (Å²) in [5.41, 5.74) is 5.61. The second kappa shape index (κ2) is 6.14. The van der Waals surface area contributed by atoms with E-state index in [9.17, 15) is 18.0 Å². The van der Waals surface area contributed by atoms with Gasteiger partial charge in [0.15, 0.2) is 0 Å². The molecular formula is C12H14ClF3N2O. The molecule has 3 nitrogen and oxygen atoms in total. The largest absolute Gasteiger partial charge is 0.406 e. The van der Waals surface area contributed by atoms with Gasteiger partial charge in [-0.1, -0.05) is 24.6 Å². The number of hydrogen-bond acceptors (Lipinski definition) is 2. The van der Waals surface area contributed by atoms with Gasteiger partial charge < -0.3 is 10.6 Å². The molecule has 1 aromatic rings. The summed E-state index contributed by atoms with van der Waals surface area (Å²) in [5.74, 6) is -0.765. The van der Waals surface area contributed by atoms with Gasteiger partial charge >= 0.3 is 6.18 Å². The Morgan fingerprint density at radius 3 is 2.58 bits per heavy atom. The molecule has 0 aliphatic heterocycles. The maximum atomic E-state index is 12.4. The van der Waals surface area contributed by atoms with Crippen molar-refractivity contribution in [3.8, 4) is 0 Å². The zero-order valence-corrected chi connectivity index (χ0v) is 11.1. The van der Waals surface area contributed by atoms with Gasteiger partial charge in [0.25, 0.3) is 5.91 Å². The molecule has 0 unspecified atom stereocenters. The van der Waals surface area contributed by atoms with E-state index in [1.54, 1.807) is 6.92 Å². The van der Waals surface area contributed by atoms with Crippen molar-refractivity contribution >= 4 is 23.2 Å². The Kier molecular flexibility index (Phi) is 5.05. The van der Waals surface area contributed by atoms with Crippen molar-refractivity contribution < 1.29 is 18.0 Å². The van der Waals surface area contributed by atoms with Crippen LogP contribution in [-0.2, 0) is 0 Å². The fraction of sp³-hybridized carbons (Fsp3) is 0.417. The summed E-state index contributed by atoms with van der Waals surface area (Å²) < 4.78 is 37.3. The highest BCUT2D eigenvalue weighted by Gasteiger charge is 2.33. The topological polar surface area (TPSA) is 46.3 Å². The van der Waals surface area contributed by atoms with Gasteiger partial charge in [0.05, 0.1) is 16.3 Å². The number of rotatable bonds is 4. The van der Waals surface area contributed by atoms with Crippen LogP contribution < -0.4 is 5.73 Å². The second-order valence-corrected chi connectivity index (χ2v) is 4.45. The second-order valence-electron chi connectivity index (χ2n) is 4.04. The number of hydrogen-bond donors (Lipinski definition) is 1. The average Bonchev–Trinajstić information content (AvgIpc) is 2.30. The Balaban J connectivity index is 3.02. The van der Waals surface area contributed by atoms with Gasteiger partial charge in [-0.05, 0) is 18.6 Å². The molecule has 0 bridgehead atoms. The van der Waals surface area contributed by atoms with Crippen molar-refractivity contribution in [2.24, 2.45) is 0 Å². The number of carbonyl (C=O) groups is 1. The van der Waals surface area contributed by atoms with Crippen molar-refractivity contribution in [1.82, 2.24) is 4.90 Å². The molecule has 1 amide bonds. The molecule has 0 aliphatic carbocycles. The van der Waals surface area contributed by atoms with Crippen LogP contribution in [0.1, 0.15) is 23.7 Å². The normalized spacial score (nSPS) is 11.4. The van der Waals surface area contributed by atoms with Crippen molar-refractivity contribution in [2.75, 3.05) is 18.8 Å². The molecular weight excluding hydrogens is 281 g/mol. The number of nitrogen functional groups attached to an aromatic ring is 1. The predicted octanol–water partition coefficient (Wildman–Crippen LogP) is 3.34. The third-order valence-electron chi connectivity index (χ3n) is 2.43. The summed E-state index contributed by atoms with van der Waals surface area (Å²) in [6, 6.07) is 4.31. The van der Waals surface area contributed by atoms with E-state index in [1.807, 2.05) is 0 Å². The van der Waals surface area contributed by atoms with Crippen LogP contribution in [0, 0.1) is 0 Å². The van der Waals surface area contributed by atoms with Gasteiger partial charge in [-0.2, -0.15) is 13.2 Å². The smallest absolute Gasteiger partial charge is 0.397 e. The van der Waals surface area contributed by atoms with E-state index in [0.29, 0.717) is 6.42 Å². The molecule has 0 aliphatic rings. The standard InChI is InChI=1S/C12H14ClF3N2O/c1-2-6-18(7-12(14,15)16)11(19)8-4-3-5-9(13)10(8)17/h3-5H,2,6-7,17H2,1H3. The number of alkyl halides is 3. The lowest BCUT2D eigenvalue weighted by Crippen LogP contribution is -2.39. The number of anilines is 1. The van der Waals surface area contributed by atoms with Crippen LogP contribution in [0.3, 0.4) is 0 Å². The number of amides is 1. The van der Waals surface area contributed by atoms with E-state index in [-0.39, 0.29) is 22.8 Å². The molecule has 0 fully saturated rings. The first kappa shape index (κ1) is 15.6. The van der Waals surface area contributed by atoms with Crippen LogP contribution >= 0.6 is 11.6 Å². The molecule has 0 saturated carbocycles. The molecule has 1 rings (SSSR count). The van der Waals surface area contributed by atoms with Crippen molar-refractivity contribution in [2.45, 2.75) is 19.5 Å². The highest BCUT2D eigenvalue weighted by atomic mass is 35.5. The van der Waals surface area contributed by atoms with E-state index >= 15 is 0 Å². The summed E-state index contributed by atoms with van der Waals surface area (Å²) in [4.78, 5) is 12.8. The number of carbonyl (C=O) groups excluding carboxylic acids is 1. The number of nitrogens with zero attached hydrogens (tertiary/aromatic N) is 1. The zero-order valence-electron chi connectivity index (χ0n) is 10.3. The third-order valence-corrected chi connectivity index (χ3v) is 2.76. The summed E-state index contributed by atoms with van der Waals surface area (Å²) in [6.07, 6.45) is -4.03. The van der Waals surface area contributed by atoms with Gasteiger partial charge in [-0.15, -0.1) is 0 Å². The molecule has 1 aromatic carbocycles. The van der Waals surface area contributed by atoms with Crippen LogP contribution in [0.25, 0.3) is 0 Å². The molecule has 0 radical (unpaired) electrons. The molecule has 0 heterocycles. The van der Waals surface area contributed by atoms with Crippen LogP contribution in [0.15, 0.2) is 18.2 Å². The molecule has 0 saturated heterocycles. The van der Waals surface area contributed by atoms with Crippen molar-refractivity contribution in [3.63, 3.8) is 0 Å². The summed E-state index contributed by atoms with van der Waals surface area (Å²) in [5, 5.41) is 0.148. The number of benzene rings is 1. The first-order valence-corrected chi connectivity index (χ1v) is 6.04. The van der Waals surface area contributed by atoms with Crippen LogP contribution in [0.4, 0.5) is 18.9 Å². The van der Waals surface area contributed by atoms with Crippen molar-refractivity contribution in [1.29, 1.82) is 0 Å².